The van der Waals surface area contributed by atoms with Crippen molar-refractivity contribution >= 4 is 17.7 Å². The molecule has 0 aromatic heterocycles. The van der Waals surface area contributed by atoms with Gasteiger partial charge in [-0.3, -0.25) is 9.59 Å². The molecule has 0 rings (SSSR count). The Morgan fingerprint density at radius 3 is 2.07 bits per heavy atom. The van der Waals surface area contributed by atoms with Gasteiger partial charge in [-0.05, 0) is 6.92 Å². The normalized spacial score (nSPS) is 13.1. The molecule has 1 unspecified atom stereocenters. The van der Waals surface area contributed by atoms with Crippen LogP contribution >= 0.6 is 0 Å². The largest absolute Gasteiger partial charge is 0.475 e. The Balaban J connectivity index is 4.99. The molecule has 0 bridgehead atoms. The Morgan fingerprint density at radius 2 is 1.80 bits per heavy atom. The van der Waals surface area contributed by atoms with Crippen molar-refractivity contribution in [1.29, 1.82) is 0 Å². The van der Waals surface area contributed by atoms with Crippen molar-refractivity contribution in [2.45, 2.75) is 13.1 Å². The summed E-state index contributed by atoms with van der Waals surface area (Å²) in [6.07, 6.45) is -5.26. The molecule has 0 heterocycles. The predicted molar refractivity (Wildman–Crippen MR) is 38.8 cm³/mol. The summed E-state index contributed by atoms with van der Waals surface area (Å²) in [5.74, 6) is -9.74. The minimum Gasteiger partial charge on any atom is -0.475 e. The average molecular weight is 228 g/mol. The summed E-state index contributed by atoms with van der Waals surface area (Å²) in [6.45, 7) is 0.856. The van der Waals surface area contributed by atoms with E-state index in [-0.39, 0.29) is 6.61 Å². The van der Waals surface area contributed by atoms with Crippen molar-refractivity contribution in [2.75, 3.05) is 6.61 Å². The summed E-state index contributed by atoms with van der Waals surface area (Å²) in [5.41, 5.74) is 0. The molecule has 0 aliphatic rings. The minimum absolute atomic E-state index is 0.377. The quantitative estimate of drug-likeness (QED) is 0.427. The van der Waals surface area contributed by atoms with Crippen LogP contribution in [0.3, 0.4) is 0 Å². The van der Waals surface area contributed by atoms with E-state index >= 15 is 0 Å². The summed E-state index contributed by atoms with van der Waals surface area (Å²) >= 11 is 0. The van der Waals surface area contributed by atoms with Gasteiger partial charge >= 0.3 is 18.1 Å². The van der Waals surface area contributed by atoms with Crippen LogP contribution in [0.4, 0.5) is 13.2 Å². The number of rotatable bonds is 4. The molecular formula is C7H7F3O5. The van der Waals surface area contributed by atoms with E-state index < -0.39 is 29.8 Å². The van der Waals surface area contributed by atoms with Crippen LogP contribution in [0.5, 0.6) is 0 Å². The van der Waals surface area contributed by atoms with Crippen LogP contribution in [0.25, 0.3) is 0 Å². The number of carboxylic acid groups (broad SMARTS) is 1. The van der Waals surface area contributed by atoms with Gasteiger partial charge in [0.25, 0.3) is 5.78 Å². The van der Waals surface area contributed by atoms with Crippen LogP contribution in [0, 0.1) is 5.92 Å². The predicted octanol–water partition coefficient (Wildman–Crippen LogP) is 0.382. The number of halogens is 3. The van der Waals surface area contributed by atoms with Crippen molar-refractivity contribution in [1.82, 2.24) is 0 Å². The second kappa shape index (κ2) is 4.76. The summed E-state index contributed by atoms with van der Waals surface area (Å²) in [6, 6.07) is 0. The summed E-state index contributed by atoms with van der Waals surface area (Å²) in [4.78, 5) is 31.3. The van der Waals surface area contributed by atoms with E-state index in [0.29, 0.717) is 0 Å². The molecule has 0 aliphatic heterocycles. The van der Waals surface area contributed by atoms with Crippen molar-refractivity contribution in [3.05, 3.63) is 0 Å². The third-order valence-electron chi connectivity index (χ3n) is 1.32. The van der Waals surface area contributed by atoms with Gasteiger partial charge in [-0.25, -0.2) is 4.79 Å². The minimum atomic E-state index is -5.26. The van der Waals surface area contributed by atoms with Crippen molar-refractivity contribution in [2.24, 2.45) is 5.92 Å². The second-order valence-electron chi connectivity index (χ2n) is 2.40. The summed E-state index contributed by atoms with van der Waals surface area (Å²) in [7, 11) is 0. The lowest BCUT2D eigenvalue weighted by molar-refractivity contribution is -0.200. The van der Waals surface area contributed by atoms with Gasteiger partial charge in [-0.15, -0.1) is 0 Å². The topological polar surface area (TPSA) is 80.7 Å². The average Bonchev–Trinajstić information content (AvgIpc) is 2.01. The SMILES string of the molecule is CCOC(=O)C(C(=O)C(=O)O)C(F)(F)F. The Kier molecular flexibility index (Phi) is 4.25. The van der Waals surface area contributed by atoms with E-state index in [1.54, 1.807) is 0 Å². The lowest BCUT2D eigenvalue weighted by Gasteiger charge is -2.15. The van der Waals surface area contributed by atoms with Crippen LogP contribution in [-0.2, 0) is 19.1 Å². The number of hydrogen-bond donors (Lipinski definition) is 1. The highest BCUT2D eigenvalue weighted by Gasteiger charge is 2.53. The number of hydrogen-bond acceptors (Lipinski definition) is 4. The van der Waals surface area contributed by atoms with Gasteiger partial charge in [0, 0.05) is 0 Å². The van der Waals surface area contributed by atoms with E-state index in [9.17, 15) is 27.6 Å². The molecule has 0 aliphatic carbocycles. The standard InChI is InChI=1S/C7H7F3O5/c1-2-15-6(14)3(7(8,9)10)4(11)5(12)13/h3H,2H2,1H3,(H,12,13). The first-order valence-electron chi connectivity index (χ1n) is 3.72. The maximum absolute atomic E-state index is 12.1. The first-order chi connectivity index (χ1) is 6.71. The molecule has 0 saturated heterocycles. The van der Waals surface area contributed by atoms with E-state index in [2.05, 4.69) is 4.74 Å². The van der Waals surface area contributed by atoms with Crippen LogP contribution in [0.1, 0.15) is 6.92 Å². The number of ketones is 1. The Hall–Kier alpha value is -1.60. The molecule has 0 aromatic carbocycles. The van der Waals surface area contributed by atoms with Crippen molar-refractivity contribution in [3.63, 3.8) is 0 Å². The van der Waals surface area contributed by atoms with Gasteiger partial charge in [0.15, 0.2) is 0 Å². The molecule has 1 atom stereocenters. The molecule has 8 heteroatoms. The molecule has 0 radical (unpaired) electrons. The van der Waals surface area contributed by atoms with Gasteiger partial charge in [-0.2, -0.15) is 13.2 Å². The molecule has 1 N–H and O–H groups in total. The second-order valence-corrected chi connectivity index (χ2v) is 2.40. The molecule has 86 valence electrons. The maximum atomic E-state index is 12.1. The highest BCUT2D eigenvalue weighted by molar-refractivity contribution is 6.37. The number of carboxylic acids is 1. The number of carbonyl (C=O) groups excluding carboxylic acids is 2. The van der Waals surface area contributed by atoms with Gasteiger partial charge in [0.2, 0.25) is 5.92 Å². The lowest BCUT2D eigenvalue weighted by atomic mass is 10.0. The first kappa shape index (κ1) is 13.4. The molecule has 5 nitrogen and oxygen atoms in total. The lowest BCUT2D eigenvalue weighted by Crippen LogP contribution is -2.42. The number of aliphatic carboxylic acids is 1. The van der Waals surface area contributed by atoms with E-state index in [1.807, 2.05) is 0 Å². The Bertz CT molecular complexity index is 283. The molecule has 0 fully saturated rings. The monoisotopic (exact) mass is 228 g/mol. The highest BCUT2D eigenvalue weighted by atomic mass is 19.4. The molecule has 0 saturated carbocycles. The number of carbonyl (C=O) groups is 3. The van der Waals surface area contributed by atoms with Crippen molar-refractivity contribution < 1.29 is 37.4 Å². The van der Waals surface area contributed by atoms with Gasteiger partial charge in [0.05, 0.1) is 6.61 Å². The van der Waals surface area contributed by atoms with Gasteiger partial charge in [0.1, 0.15) is 0 Å². The number of ether oxygens (including phenoxy) is 1. The first-order valence-corrected chi connectivity index (χ1v) is 3.72. The summed E-state index contributed by atoms with van der Waals surface area (Å²) < 4.78 is 40.3. The van der Waals surface area contributed by atoms with E-state index in [1.165, 1.54) is 6.92 Å². The zero-order valence-electron chi connectivity index (χ0n) is 7.50. The van der Waals surface area contributed by atoms with Crippen LogP contribution in [-0.4, -0.2) is 35.6 Å². The molecule has 0 spiro atoms. The number of Topliss-reactive ketones (excluding diaryl/α,β-unsaturated/α-hetero) is 1. The van der Waals surface area contributed by atoms with Gasteiger partial charge < -0.3 is 9.84 Å². The summed E-state index contributed by atoms with van der Waals surface area (Å²) in [5, 5.41) is 8.08. The van der Waals surface area contributed by atoms with Crippen LogP contribution in [0.2, 0.25) is 0 Å². The van der Waals surface area contributed by atoms with E-state index in [4.69, 9.17) is 5.11 Å². The highest BCUT2D eigenvalue weighted by Crippen LogP contribution is 2.28. The van der Waals surface area contributed by atoms with Crippen molar-refractivity contribution in [3.8, 4) is 0 Å². The molecule has 0 amide bonds. The molecular weight excluding hydrogens is 221 g/mol. The smallest absolute Gasteiger partial charge is 0.409 e. The number of esters is 1. The molecule has 0 aromatic rings. The molecule has 15 heavy (non-hydrogen) atoms. The third kappa shape index (κ3) is 3.56. The third-order valence-corrected chi connectivity index (χ3v) is 1.32. The van der Waals surface area contributed by atoms with Gasteiger partial charge in [-0.1, -0.05) is 0 Å². The Morgan fingerprint density at radius 1 is 1.33 bits per heavy atom. The fourth-order valence-corrected chi connectivity index (χ4v) is 0.738. The van der Waals surface area contributed by atoms with Crippen LogP contribution < -0.4 is 0 Å². The maximum Gasteiger partial charge on any atom is 0.409 e. The van der Waals surface area contributed by atoms with Crippen LogP contribution in [0.15, 0.2) is 0 Å². The zero-order chi connectivity index (χ0) is 12.2. The number of alkyl halides is 3. The van der Waals surface area contributed by atoms with E-state index in [0.717, 1.165) is 0 Å². The fourth-order valence-electron chi connectivity index (χ4n) is 0.738. The fraction of sp³-hybridized carbons (Fsp3) is 0.571. The zero-order valence-corrected chi connectivity index (χ0v) is 7.50. The Labute approximate surface area is 81.8 Å².